The first kappa shape index (κ1) is 10.7. The third kappa shape index (κ3) is 2.52. The predicted octanol–water partition coefficient (Wildman–Crippen LogP) is 2.21. The molecule has 0 atom stereocenters. The van der Waals surface area contributed by atoms with E-state index >= 15 is 0 Å². The first-order valence-electron chi connectivity index (χ1n) is 4.14. The van der Waals surface area contributed by atoms with Crippen LogP contribution < -0.4 is 0 Å². The van der Waals surface area contributed by atoms with Crippen molar-refractivity contribution in [3.8, 4) is 6.19 Å². The number of aliphatic imine (C=N–C) groups is 1. The van der Waals surface area contributed by atoms with Gasteiger partial charge in [-0.1, -0.05) is 0 Å². The summed E-state index contributed by atoms with van der Waals surface area (Å²) in [6.45, 7) is 9.92. The van der Waals surface area contributed by atoms with E-state index in [0.29, 0.717) is 22.9 Å². The topological polar surface area (TPSA) is 66.0 Å². The highest BCUT2D eigenvalue weighted by atomic mass is 16.3. The number of rotatable bonds is 2. The lowest BCUT2D eigenvalue weighted by Gasteiger charge is -1.91. The van der Waals surface area contributed by atoms with Crippen molar-refractivity contribution in [2.24, 2.45) is 10.1 Å². The van der Waals surface area contributed by atoms with E-state index in [1.54, 1.807) is 32.2 Å². The van der Waals surface area contributed by atoms with Gasteiger partial charge in [0.1, 0.15) is 5.76 Å². The molecule has 0 aliphatic carbocycles. The Morgan fingerprint density at radius 2 is 2.00 bits per heavy atom. The zero-order valence-electron chi connectivity index (χ0n) is 8.35. The Balaban J connectivity index is 3.02. The summed E-state index contributed by atoms with van der Waals surface area (Å²) in [4.78, 5) is 6.44. The number of nitriles is 1. The van der Waals surface area contributed by atoms with E-state index in [1.165, 1.54) is 0 Å². The van der Waals surface area contributed by atoms with Gasteiger partial charge in [-0.15, -0.1) is 4.95 Å². The molecular formula is C10H8N4O. The molecular weight excluding hydrogens is 192 g/mol. The van der Waals surface area contributed by atoms with Crippen LogP contribution in [0.3, 0.4) is 0 Å². The largest absolute Gasteiger partial charge is 0.453 e. The highest BCUT2D eigenvalue weighted by molar-refractivity contribution is 6.00. The lowest BCUT2D eigenvalue weighted by molar-refractivity contribution is 0.547. The Hall–Kier alpha value is -2.40. The van der Waals surface area contributed by atoms with Crippen LogP contribution in [0.25, 0.3) is 4.95 Å². The van der Waals surface area contributed by atoms with Gasteiger partial charge in [0.15, 0.2) is 11.5 Å². The van der Waals surface area contributed by atoms with Crippen LogP contribution in [0.1, 0.15) is 25.4 Å². The lowest BCUT2D eigenvalue weighted by Crippen LogP contribution is -1.92. The maximum atomic E-state index is 8.36. The normalized spacial score (nSPS) is 12.0. The van der Waals surface area contributed by atoms with Gasteiger partial charge >= 0.3 is 0 Å². The Kier molecular flexibility index (Phi) is 3.37. The second kappa shape index (κ2) is 4.73. The Morgan fingerprint density at radius 3 is 2.53 bits per heavy atom. The van der Waals surface area contributed by atoms with Crippen LogP contribution in [0, 0.1) is 18.0 Å². The molecule has 0 aliphatic rings. The molecule has 74 valence electrons. The molecule has 0 fully saturated rings. The molecule has 1 aromatic rings. The van der Waals surface area contributed by atoms with E-state index in [-0.39, 0.29) is 0 Å². The molecule has 0 radical (unpaired) electrons. The monoisotopic (exact) mass is 200 g/mol. The minimum atomic E-state index is 0.499. The van der Waals surface area contributed by atoms with Crippen LogP contribution in [0.2, 0.25) is 0 Å². The zero-order valence-corrected chi connectivity index (χ0v) is 8.35. The Labute approximate surface area is 87.2 Å². The van der Waals surface area contributed by atoms with Crippen molar-refractivity contribution in [2.75, 3.05) is 0 Å². The third-order valence-corrected chi connectivity index (χ3v) is 1.74. The van der Waals surface area contributed by atoms with Gasteiger partial charge in [0.25, 0.3) is 0 Å². The van der Waals surface area contributed by atoms with Crippen LogP contribution in [0.5, 0.6) is 0 Å². The van der Waals surface area contributed by atoms with E-state index in [0.717, 1.165) is 0 Å². The van der Waals surface area contributed by atoms with Crippen molar-refractivity contribution in [3.05, 3.63) is 35.2 Å². The van der Waals surface area contributed by atoms with E-state index in [2.05, 4.69) is 15.0 Å². The summed E-state index contributed by atoms with van der Waals surface area (Å²) in [6.07, 6.45) is 1.68. The van der Waals surface area contributed by atoms with Crippen LogP contribution in [0.4, 0.5) is 0 Å². The minimum absolute atomic E-state index is 0.499. The summed E-state index contributed by atoms with van der Waals surface area (Å²) >= 11 is 0. The zero-order chi connectivity index (χ0) is 11.3. The van der Waals surface area contributed by atoms with Gasteiger partial charge in [-0.2, -0.15) is 16.8 Å². The molecule has 0 saturated heterocycles. The van der Waals surface area contributed by atoms with Crippen LogP contribution in [-0.4, -0.2) is 11.4 Å². The third-order valence-electron chi connectivity index (χ3n) is 1.74. The summed E-state index contributed by atoms with van der Waals surface area (Å²) in [5.41, 5.74) is 1.00. The number of nitrogens with zero attached hydrogens (tertiary/aromatic N) is 4. The fraction of sp³-hybridized carbons (Fsp3) is 0.200. The van der Waals surface area contributed by atoms with Gasteiger partial charge in [0, 0.05) is 0 Å². The lowest BCUT2D eigenvalue weighted by atomic mass is 10.3. The van der Waals surface area contributed by atoms with Crippen LogP contribution in [-0.2, 0) is 0 Å². The highest BCUT2D eigenvalue weighted by Gasteiger charge is 2.08. The molecule has 0 amide bonds. The number of hydrogen-bond donors (Lipinski definition) is 0. The first-order valence-corrected chi connectivity index (χ1v) is 4.14. The summed E-state index contributed by atoms with van der Waals surface area (Å²) in [5, 5.41) is 11.9. The molecule has 5 heteroatoms. The van der Waals surface area contributed by atoms with Crippen LogP contribution in [0.15, 0.2) is 26.6 Å². The molecule has 0 saturated carbocycles. The molecule has 0 N–H and O–H groups in total. The van der Waals surface area contributed by atoms with Gasteiger partial charge in [-0.3, -0.25) is 0 Å². The van der Waals surface area contributed by atoms with Crippen LogP contribution >= 0.6 is 0 Å². The minimum Gasteiger partial charge on any atom is -0.453 e. The molecule has 0 aromatic carbocycles. The number of furan rings is 1. The van der Waals surface area contributed by atoms with E-state index in [4.69, 9.17) is 16.3 Å². The van der Waals surface area contributed by atoms with E-state index in [1.807, 2.05) is 0 Å². The van der Waals surface area contributed by atoms with Crippen molar-refractivity contribution in [1.29, 1.82) is 5.26 Å². The average molecular weight is 200 g/mol. The van der Waals surface area contributed by atoms with E-state index < -0.39 is 0 Å². The molecule has 1 aromatic heterocycles. The van der Waals surface area contributed by atoms with Crippen molar-refractivity contribution in [3.63, 3.8) is 0 Å². The molecule has 0 bridgehead atoms. The fourth-order valence-electron chi connectivity index (χ4n) is 0.981. The van der Waals surface area contributed by atoms with Gasteiger partial charge < -0.3 is 4.42 Å². The summed E-state index contributed by atoms with van der Waals surface area (Å²) in [5.74, 6) is 1.01. The molecule has 1 heterocycles. The predicted molar refractivity (Wildman–Crippen MR) is 55.3 cm³/mol. The second-order valence-corrected chi connectivity index (χ2v) is 2.75. The second-order valence-electron chi connectivity index (χ2n) is 2.75. The quantitative estimate of drug-likeness (QED) is 0.318. The van der Waals surface area contributed by atoms with Crippen molar-refractivity contribution in [2.45, 2.75) is 13.8 Å². The maximum Gasteiger partial charge on any atom is 0.206 e. The molecule has 5 nitrogen and oxygen atoms in total. The van der Waals surface area contributed by atoms with Crippen molar-refractivity contribution >= 4 is 11.4 Å². The van der Waals surface area contributed by atoms with Gasteiger partial charge in [0.2, 0.25) is 6.19 Å². The molecule has 15 heavy (non-hydrogen) atoms. The van der Waals surface area contributed by atoms with Gasteiger partial charge in [-0.05, 0) is 26.0 Å². The molecule has 0 aliphatic heterocycles. The maximum absolute atomic E-state index is 8.36. The van der Waals surface area contributed by atoms with Crippen molar-refractivity contribution in [1.82, 2.24) is 0 Å². The smallest absolute Gasteiger partial charge is 0.206 e. The number of hydrogen-bond acceptors (Lipinski definition) is 4. The molecule has 1 rings (SSSR count). The van der Waals surface area contributed by atoms with Crippen molar-refractivity contribution < 1.29 is 4.42 Å². The average Bonchev–Trinajstić information content (AvgIpc) is 2.67. The highest BCUT2D eigenvalue weighted by Crippen LogP contribution is 2.10. The van der Waals surface area contributed by atoms with Gasteiger partial charge in [0.05, 0.1) is 10.8 Å². The Morgan fingerprint density at radius 1 is 1.40 bits per heavy atom. The Bertz CT molecular complexity index is 452. The van der Waals surface area contributed by atoms with E-state index in [9.17, 15) is 0 Å². The standard InChI is InChI=1S/C10H8N4O/c1-7(13-6-11)9-4-5-10(15-9)8(2)14-12-3/h4-5H,1-2H3/b13-7?,14-8+. The summed E-state index contributed by atoms with van der Waals surface area (Å²) in [6, 6.07) is 3.38. The fourth-order valence-corrected chi connectivity index (χ4v) is 0.981. The summed E-state index contributed by atoms with van der Waals surface area (Å²) in [7, 11) is 0. The molecule has 0 unspecified atom stereocenters. The summed E-state index contributed by atoms with van der Waals surface area (Å²) < 4.78 is 5.36. The molecule has 0 spiro atoms. The SMILES string of the molecule is [C-]#[N+]/N=C(\C)c1ccc(C(C)=NC#N)o1. The van der Waals surface area contributed by atoms with Gasteiger partial charge in [-0.25, -0.2) is 0 Å². The first-order chi connectivity index (χ1) is 7.19.